The van der Waals surface area contributed by atoms with Gasteiger partial charge in [-0.1, -0.05) is 36.4 Å². The molecule has 1 heterocycles. The summed E-state index contributed by atoms with van der Waals surface area (Å²) >= 11 is 1.99. The molecule has 0 aliphatic heterocycles. The number of thioether (sulfide) groups is 1. The molecule has 0 atom stereocenters. The first kappa shape index (κ1) is 26.1. The van der Waals surface area contributed by atoms with Crippen LogP contribution in [0.15, 0.2) is 62.5 Å². The topological polar surface area (TPSA) is 130 Å². The van der Waals surface area contributed by atoms with Crippen molar-refractivity contribution in [2.75, 3.05) is 11.0 Å². The van der Waals surface area contributed by atoms with Crippen LogP contribution in [0.25, 0.3) is 11.1 Å². The summed E-state index contributed by atoms with van der Waals surface area (Å²) in [5, 5.41) is 7.61. The standard InChI is InChI=1S/C20H18F3N3O4S4/c1-11-13(12-6-4-3-5-7-12)8-9-14(26-34(29,30)20(21,22)23)17(11)33(27,28)16-10-15(18(24)25)32-19(16)31-2/h3-10,26H,1-2H3,(H3,24,25). The van der Waals surface area contributed by atoms with E-state index in [-0.39, 0.29) is 25.4 Å². The van der Waals surface area contributed by atoms with E-state index in [1.165, 1.54) is 17.7 Å². The van der Waals surface area contributed by atoms with Gasteiger partial charge in [-0.15, -0.1) is 23.1 Å². The number of nitrogen functional groups attached to an aromatic ring is 1. The third kappa shape index (κ3) is 4.80. The van der Waals surface area contributed by atoms with Gasteiger partial charge in [-0.2, -0.15) is 21.6 Å². The quantitative estimate of drug-likeness (QED) is 0.220. The van der Waals surface area contributed by atoms with Crippen LogP contribution in [0.3, 0.4) is 0 Å². The Balaban J connectivity index is 2.36. The average molecular weight is 550 g/mol. The Kier molecular flexibility index (Phi) is 7.09. The van der Waals surface area contributed by atoms with Gasteiger partial charge in [0, 0.05) is 0 Å². The number of amidine groups is 1. The number of sulfonamides is 1. The maximum atomic E-state index is 13.8. The van der Waals surface area contributed by atoms with Gasteiger partial charge in [0.2, 0.25) is 9.84 Å². The summed E-state index contributed by atoms with van der Waals surface area (Å²) in [4.78, 5) is -0.752. The summed E-state index contributed by atoms with van der Waals surface area (Å²) in [5.74, 6) is -0.380. The molecular formula is C20H18F3N3O4S4. The Hall–Kier alpha value is -2.55. The number of benzene rings is 2. The largest absolute Gasteiger partial charge is 0.516 e. The Morgan fingerprint density at radius 3 is 2.24 bits per heavy atom. The fourth-order valence-electron chi connectivity index (χ4n) is 3.18. The fourth-order valence-corrected chi connectivity index (χ4v) is 8.07. The molecule has 0 spiro atoms. The number of alkyl halides is 3. The summed E-state index contributed by atoms with van der Waals surface area (Å²) in [6, 6.07) is 12.0. The van der Waals surface area contributed by atoms with Crippen LogP contribution in [0.4, 0.5) is 18.9 Å². The van der Waals surface area contributed by atoms with Crippen LogP contribution < -0.4 is 10.5 Å². The van der Waals surface area contributed by atoms with E-state index in [2.05, 4.69) is 0 Å². The van der Waals surface area contributed by atoms with Crippen molar-refractivity contribution in [3.05, 3.63) is 59.0 Å². The predicted octanol–water partition coefficient (Wildman–Crippen LogP) is 4.82. The zero-order valence-electron chi connectivity index (χ0n) is 17.6. The smallest absolute Gasteiger partial charge is 0.383 e. The van der Waals surface area contributed by atoms with Crippen LogP contribution in [-0.4, -0.2) is 34.4 Å². The first-order valence-corrected chi connectivity index (χ1v) is 14.3. The van der Waals surface area contributed by atoms with Crippen molar-refractivity contribution >= 4 is 54.5 Å². The van der Waals surface area contributed by atoms with E-state index in [0.717, 1.165) is 35.2 Å². The molecule has 0 radical (unpaired) electrons. The molecule has 0 bridgehead atoms. The minimum absolute atomic E-state index is 0.0520. The van der Waals surface area contributed by atoms with Gasteiger partial charge in [0.25, 0.3) is 0 Å². The van der Waals surface area contributed by atoms with Crippen molar-refractivity contribution in [3.8, 4) is 11.1 Å². The Morgan fingerprint density at radius 1 is 1.09 bits per heavy atom. The monoisotopic (exact) mass is 549 g/mol. The molecule has 182 valence electrons. The second-order valence-corrected chi connectivity index (χ2v) is 12.6. The van der Waals surface area contributed by atoms with E-state index in [1.807, 2.05) is 0 Å². The maximum Gasteiger partial charge on any atom is 0.516 e. The van der Waals surface area contributed by atoms with E-state index in [9.17, 15) is 30.0 Å². The van der Waals surface area contributed by atoms with Crippen molar-refractivity contribution in [2.45, 2.75) is 26.4 Å². The van der Waals surface area contributed by atoms with Crippen molar-refractivity contribution < 1.29 is 30.0 Å². The van der Waals surface area contributed by atoms with Crippen molar-refractivity contribution in [2.24, 2.45) is 5.73 Å². The molecule has 2 aromatic carbocycles. The molecule has 34 heavy (non-hydrogen) atoms. The third-order valence-electron chi connectivity index (χ3n) is 4.71. The van der Waals surface area contributed by atoms with Crippen LogP contribution >= 0.6 is 23.1 Å². The van der Waals surface area contributed by atoms with E-state index in [0.29, 0.717) is 11.1 Å². The van der Waals surface area contributed by atoms with E-state index in [1.54, 1.807) is 36.6 Å². The number of anilines is 1. The maximum absolute atomic E-state index is 13.8. The molecule has 0 fully saturated rings. The molecule has 0 aliphatic carbocycles. The van der Waals surface area contributed by atoms with Crippen molar-refractivity contribution in [1.29, 1.82) is 5.41 Å². The van der Waals surface area contributed by atoms with Crippen LogP contribution in [0.1, 0.15) is 10.4 Å². The number of nitrogens with one attached hydrogen (secondary N) is 2. The predicted molar refractivity (Wildman–Crippen MR) is 128 cm³/mol. The van der Waals surface area contributed by atoms with Crippen LogP contribution in [0.5, 0.6) is 0 Å². The number of hydrogen-bond donors (Lipinski definition) is 3. The average Bonchev–Trinajstić information content (AvgIpc) is 3.19. The highest BCUT2D eigenvalue weighted by molar-refractivity contribution is 8.01. The van der Waals surface area contributed by atoms with Crippen molar-refractivity contribution in [1.82, 2.24) is 0 Å². The minimum Gasteiger partial charge on any atom is -0.383 e. The molecule has 3 aromatic rings. The summed E-state index contributed by atoms with van der Waals surface area (Å²) in [7, 11) is -10.5. The molecule has 4 N–H and O–H groups in total. The molecular weight excluding hydrogens is 531 g/mol. The van der Waals surface area contributed by atoms with Crippen molar-refractivity contribution in [3.63, 3.8) is 0 Å². The number of rotatable bonds is 7. The van der Waals surface area contributed by atoms with Gasteiger partial charge >= 0.3 is 15.5 Å². The lowest BCUT2D eigenvalue weighted by atomic mass is 10.00. The SMILES string of the molecule is CSc1sc(C(=N)N)cc1S(=O)(=O)c1c(NS(=O)(=O)C(F)(F)F)ccc(-c2ccccc2)c1C. The fraction of sp³-hybridized carbons (Fsp3) is 0.150. The normalized spacial score (nSPS) is 12.5. The van der Waals surface area contributed by atoms with Gasteiger partial charge in [0.05, 0.1) is 24.6 Å². The summed E-state index contributed by atoms with van der Waals surface area (Å²) < 4.78 is 92.1. The van der Waals surface area contributed by atoms with Gasteiger partial charge in [-0.3, -0.25) is 10.1 Å². The van der Waals surface area contributed by atoms with Gasteiger partial charge < -0.3 is 5.73 Å². The Bertz CT molecular complexity index is 1470. The molecule has 14 heteroatoms. The highest BCUT2D eigenvalue weighted by Gasteiger charge is 2.47. The molecule has 0 saturated carbocycles. The summed E-state index contributed by atoms with van der Waals surface area (Å²) in [5.41, 5.74) is 0.127. The van der Waals surface area contributed by atoms with Gasteiger partial charge in [-0.05, 0) is 42.0 Å². The number of halogens is 3. The van der Waals surface area contributed by atoms with E-state index < -0.39 is 36.0 Å². The molecule has 1 aromatic heterocycles. The lowest BCUT2D eigenvalue weighted by Crippen LogP contribution is -2.30. The number of thiophene rings is 1. The third-order valence-corrected chi connectivity index (χ3v) is 10.3. The summed E-state index contributed by atoms with van der Waals surface area (Å²) in [6.45, 7) is 1.39. The molecule has 0 unspecified atom stereocenters. The Labute approximate surface area is 202 Å². The van der Waals surface area contributed by atoms with E-state index in [4.69, 9.17) is 11.1 Å². The molecule has 7 nitrogen and oxygen atoms in total. The number of hydrogen-bond acceptors (Lipinski definition) is 7. The number of sulfone groups is 1. The molecule has 3 rings (SSSR count). The first-order valence-electron chi connectivity index (χ1n) is 9.26. The lowest BCUT2D eigenvalue weighted by Gasteiger charge is -2.19. The summed E-state index contributed by atoms with van der Waals surface area (Å²) in [6.07, 6.45) is 1.59. The highest BCUT2D eigenvalue weighted by atomic mass is 32.2. The number of nitrogens with two attached hydrogens (primary N) is 1. The first-order chi connectivity index (χ1) is 15.7. The highest BCUT2D eigenvalue weighted by Crippen LogP contribution is 2.42. The zero-order chi connectivity index (χ0) is 25.5. The van der Waals surface area contributed by atoms with Crippen LogP contribution in [0.2, 0.25) is 0 Å². The molecule has 0 amide bonds. The minimum atomic E-state index is -5.91. The zero-order valence-corrected chi connectivity index (χ0v) is 20.9. The molecule has 0 saturated heterocycles. The Morgan fingerprint density at radius 2 is 1.71 bits per heavy atom. The van der Waals surface area contributed by atoms with Crippen LogP contribution in [0, 0.1) is 12.3 Å². The molecule has 0 aliphatic rings. The van der Waals surface area contributed by atoms with Gasteiger partial charge in [0.1, 0.15) is 5.84 Å². The second-order valence-electron chi connectivity index (χ2n) is 6.92. The van der Waals surface area contributed by atoms with Crippen LogP contribution in [-0.2, 0) is 19.9 Å². The van der Waals surface area contributed by atoms with Gasteiger partial charge in [0.15, 0.2) is 0 Å². The lowest BCUT2D eigenvalue weighted by molar-refractivity contribution is -0.0429. The second kappa shape index (κ2) is 9.24. The van der Waals surface area contributed by atoms with E-state index >= 15 is 0 Å². The van der Waals surface area contributed by atoms with Gasteiger partial charge in [-0.25, -0.2) is 8.42 Å².